The molecule has 0 saturated carbocycles. The van der Waals surface area contributed by atoms with E-state index in [2.05, 4.69) is 18.8 Å². The van der Waals surface area contributed by atoms with Crippen molar-refractivity contribution in [3.63, 3.8) is 0 Å². The Morgan fingerprint density at radius 2 is 2.27 bits per heavy atom. The number of carbonyl (C=O) groups is 1. The van der Waals surface area contributed by atoms with Crippen LogP contribution in [-0.2, 0) is 11.2 Å². The summed E-state index contributed by atoms with van der Waals surface area (Å²) in [6, 6.07) is 5.99. The van der Waals surface area contributed by atoms with E-state index in [4.69, 9.17) is 4.74 Å². The molecule has 0 N–H and O–H groups in total. The second-order valence-electron chi connectivity index (χ2n) is 6.35. The van der Waals surface area contributed by atoms with Gasteiger partial charge in [0.2, 0.25) is 0 Å². The number of rotatable bonds is 3. The molecule has 0 spiro atoms. The van der Waals surface area contributed by atoms with Gasteiger partial charge in [0.25, 0.3) is 5.91 Å². The number of morpholine rings is 1. The van der Waals surface area contributed by atoms with E-state index < -0.39 is 0 Å². The first kappa shape index (κ1) is 15.0. The smallest absolute Gasteiger partial charge is 0.275 e. The highest BCUT2D eigenvalue weighted by Crippen LogP contribution is 2.19. The Labute approximate surface area is 130 Å². The van der Waals surface area contributed by atoms with Crippen LogP contribution in [0.2, 0.25) is 0 Å². The monoisotopic (exact) mass is 301 g/mol. The van der Waals surface area contributed by atoms with Crippen LogP contribution in [0.4, 0.5) is 0 Å². The van der Waals surface area contributed by atoms with Crippen LogP contribution in [0.25, 0.3) is 5.52 Å². The van der Waals surface area contributed by atoms with Crippen LogP contribution in [0.15, 0.2) is 24.4 Å². The summed E-state index contributed by atoms with van der Waals surface area (Å²) in [4.78, 5) is 19.5. The van der Waals surface area contributed by atoms with Gasteiger partial charge in [-0.15, -0.1) is 0 Å². The summed E-state index contributed by atoms with van der Waals surface area (Å²) in [6.45, 7) is 8.16. The second-order valence-corrected chi connectivity index (χ2v) is 6.35. The number of fused-ring (bicyclic) bond motifs is 1. The highest BCUT2D eigenvalue weighted by Gasteiger charge is 2.28. The molecule has 5 heteroatoms. The molecule has 1 aliphatic rings. The third-order valence-corrected chi connectivity index (χ3v) is 4.04. The lowest BCUT2D eigenvalue weighted by atomic mass is 10.1. The molecule has 2 aromatic heterocycles. The molecule has 0 aliphatic carbocycles. The largest absolute Gasteiger partial charge is 0.377 e. The fourth-order valence-electron chi connectivity index (χ4n) is 2.93. The van der Waals surface area contributed by atoms with Crippen molar-refractivity contribution in [3.05, 3.63) is 35.9 Å². The minimum absolute atomic E-state index is 0.00880. The average Bonchev–Trinajstić information content (AvgIpc) is 2.85. The maximum Gasteiger partial charge on any atom is 0.275 e. The summed E-state index contributed by atoms with van der Waals surface area (Å²) in [5.74, 6) is 1.46. The Bertz CT molecular complexity index is 678. The molecule has 0 bridgehead atoms. The fraction of sp³-hybridized carbons (Fsp3) is 0.529. The van der Waals surface area contributed by atoms with E-state index in [1.165, 1.54) is 0 Å². The molecule has 1 atom stereocenters. The Hall–Kier alpha value is -1.88. The molecule has 2 aromatic rings. The van der Waals surface area contributed by atoms with Crippen LogP contribution in [0.1, 0.15) is 37.1 Å². The first-order chi connectivity index (χ1) is 10.6. The SMILES string of the molecule is CC(C)Cc1nc(C(=O)N2CCOCC2C)c2ccccn12. The predicted molar refractivity (Wildman–Crippen MR) is 85.1 cm³/mol. The average molecular weight is 301 g/mol. The van der Waals surface area contributed by atoms with Crippen molar-refractivity contribution in [2.24, 2.45) is 5.92 Å². The summed E-state index contributed by atoms with van der Waals surface area (Å²) in [5, 5.41) is 0. The minimum atomic E-state index is 0.00880. The molecule has 5 nitrogen and oxygen atoms in total. The van der Waals surface area contributed by atoms with E-state index in [0.717, 1.165) is 17.8 Å². The Morgan fingerprint density at radius 3 is 3.00 bits per heavy atom. The van der Waals surface area contributed by atoms with Gasteiger partial charge in [-0.25, -0.2) is 4.98 Å². The zero-order valence-electron chi connectivity index (χ0n) is 13.5. The van der Waals surface area contributed by atoms with Crippen LogP contribution >= 0.6 is 0 Å². The van der Waals surface area contributed by atoms with Gasteiger partial charge in [0.1, 0.15) is 5.82 Å². The van der Waals surface area contributed by atoms with Gasteiger partial charge in [0.15, 0.2) is 5.69 Å². The third-order valence-electron chi connectivity index (χ3n) is 4.04. The van der Waals surface area contributed by atoms with Gasteiger partial charge in [-0.05, 0) is 25.0 Å². The number of imidazole rings is 1. The predicted octanol–water partition coefficient (Wildman–Crippen LogP) is 2.39. The van der Waals surface area contributed by atoms with Crippen molar-refractivity contribution >= 4 is 11.4 Å². The Kier molecular flexibility index (Phi) is 4.16. The number of aromatic nitrogens is 2. The molecule has 3 heterocycles. The van der Waals surface area contributed by atoms with E-state index in [-0.39, 0.29) is 11.9 Å². The number of hydrogen-bond acceptors (Lipinski definition) is 3. The minimum Gasteiger partial charge on any atom is -0.377 e. The molecule has 3 rings (SSSR count). The molecule has 1 aliphatic heterocycles. The zero-order chi connectivity index (χ0) is 15.7. The molecule has 1 saturated heterocycles. The second kappa shape index (κ2) is 6.08. The van der Waals surface area contributed by atoms with E-state index in [0.29, 0.717) is 31.4 Å². The molecule has 0 radical (unpaired) electrons. The Balaban J connectivity index is 2.01. The van der Waals surface area contributed by atoms with Crippen LogP contribution in [0.5, 0.6) is 0 Å². The summed E-state index contributed by atoms with van der Waals surface area (Å²) < 4.78 is 7.46. The molecule has 1 unspecified atom stereocenters. The number of ether oxygens (including phenoxy) is 1. The van der Waals surface area contributed by atoms with Gasteiger partial charge in [0, 0.05) is 19.2 Å². The molecular weight excluding hydrogens is 278 g/mol. The molecular formula is C17H23N3O2. The van der Waals surface area contributed by atoms with E-state index in [1.54, 1.807) is 0 Å². The van der Waals surface area contributed by atoms with Gasteiger partial charge in [-0.2, -0.15) is 0 Å². The number of amides is 1. The normalized spacial score (nSPS) is 19.1. The van der Waals surface area contributed by atoms with Crippen LogP contribution < -0.4 is 0 Å². The highest BCUT2D eigenvalue weighted by atomic mass is 16.5. The lowest BCUT2D eigenvalue weighted by Gasteiger charge is -2.32. The molecule has 1 fully saturated rings. The van der Waals surface area contributed by atoms with Crippen LogP contribution in [0, 0.1) is 5.92 Å². The molecule has 0 aromatic carbocycles. The van der Waals surface area contributed by atoms with Gasteiger partial charge >= 0.3 is 0 Å². The number of pyridine rings is 1. The lowest BCUT2D eigenvalue weighted by molar-refractivity contribution is 0.00340. The van der Waals surface area contributed by atoms with E-state index >= 15 is 0 Å². The molecule has 1 amide bonds. The summed E-state index contributed by atoms with van der Waals surface area (Å²) in [6.07, 6.45) is 2.84. The number of carbonyl (C=O) groups excluding carboxylic acids is 1. The van der Waals surface area contributed by atoms with Gasteiger partial charge in [-0.1, -0.05) is 19.9 Å². The number of nitrogens with zero attached hydrogens (tertiary/aromatic N) is 3. The standard InChI is InChI=1S/C17H23N3O2/c1-12(2)10-15-18-16(14-6-4-5-7-20(14)15)17(21)19-8-9-22-11-13(19)3/h4-7,12-13H,8-11H2,1-3H3. The quantitative estimate of drug-likeness (QED) is 0.874. The van der Waals surface area contributed by atoms with E-state index in [1.807, 2.05) is 40.6 Å². The maximum atomic E-state index is 12.9. The third kappa shape index (κ3) is 2.73. The fourth-order valence-corrected chi connectivity index (χ4v) is 2.93. The van der Waals surface area contributed by atoms with Crippen molar-refractivity contribution in [2.75, 3.05) is 19.8 Å². The van der Waals surface area contributed by atoms with Crippen molar-refractivity contribution in [3.8, 4) is 0 Å². The summed E-state index contributed by atoms with van der Waals surface area (Å²) in [7, 11) is 0. The topological polar surface area (TPSA) is 46.8 Å². The summed E-state index contributed by atoms with van der Waals surface area (Å²) in [5.41, 5.74) is 1.45. The highest BCUT2D eigenvalue weighted by molar-refractivity contribution is 5.99. The Morgan fingerprint density at radius 1 is 1.45 bits per heavy atom. The van der Waals surface area contributed by atoms with Crippen molar-refractivity contribution < 1.29 is 9.53 Å². The molecule has 118 valence electrons. The van der Waals surface area contributed by atoms with Crippen molar-refractivity contribution in [1.29, 1.82) is 0 Å². The zero-order valence-corrected chi connectivity index (χ0v) is 13.5. The van der Waals surface area contributed by atoms with Crippen LogP contribution in [0.3, 0.4) is 0 Å². The first-order valence-electron chi connectivity index (χ1n) is 7.92. The van der Waals surface area contributed by atoms with E-state index in [9.17, 15) is 4.79 Å². The maximum absolute atomic E-state index is 12.9. The molecule has 22 heavy (non-hydrogen) atoms. The van der Waals surface area contributed by atoms with Gasteiger partial charge in [-0.3, -0.25) is 4.79 Å². The van der Waals surface area contributed by atoms with Gasteiger partial charge < -0.3 is 14.0 Å². The summed E-state index contributed by atoms with van der Waals surface area (Å²) >= 11 is 0. The van der Waals surface area contributed by atoms with Gasteiger partial charge in [0.05, 0.1) is 24.8 Å². The lowest BCUT2D eigenvalue weighted by Crippen LogP contribution is -2.47. The van der Waals surface area contributed by atoms with Crippen molar-refractivity contribution in [1.82, 2.24) is 14.3 Å². The van der Waals surface area contributed by atoms with Crippen molar-refractivity contribution in [2.45, 2.75) is 33.2 Å². The first-order valence-corrected chi connectivity index (χ1v) is 7.92. The van der Waals surface area contributed by atoms with Crippen LogP contribution in [-0.4, -0.2) is 46.0 Å². The number of hydrogen-bond donors (Lipinski definition) is 0.